The minimum atomic E-state index is 0.620. The summed E-state index contributed by atoms with van der Waals surface area (Å²) < 4.78 is 0. The Bertz CT molecular complexity index is 146. The summed E-state index contributed by atoms with van der Waals surface area (Å²) >= 11 is 0. The molecule has 1 N–H and O–H groups in total. The van der Waals surface area contributed by atoms with Crippen LogP contribution in [0.3, 0.4) is 0 Å². The summed E-state index contributed by atoms with van der Waals surface area (Å²) in [6.45, 7) is 9.63. The molecular formula is C14H31N2. The molecule has 2 unspecified atom stereocenters. The molecule has 97 valence electrons. The molecule has 2 nitrogen and oxygen atoms in total. The molecule has 0 aromatic rings. The summed E-state index contributed by atoms with van der Waals surface area (Å²) in [5, 5.41) is 3.62. The first kappa shape index (κ1) is 15.9. The summed E-state index contributed by atoms with van der Waals surface area (Å²) in [5.41, 5.74) is 0. The van der Waals surface area contributed by atoms with E-state index in [1.807, 2.05) is 0 Å². The average molecular weight is 227 g/mol. The predicted molar refractivity (Wildman–Crippen MR) is 73.7 cm³/mol. The highest BCUT2D eigenvalue weighted by Crippen LogP contribution is 2.08. The standard InChI is InChI=1S/C14H31N2/c1-6-9-13(8-3)15-12-11-14(10-7-2)16(4)5/h13-15H,3,6-12H2,1-2,4-5H3. The lowest BCUT2D eigenvalue weighted by Gasteiger charge is -2.25. The first-order chi connectivity index (χ1) is 7.65. The Balaban J connectivity index is 3.74. The molecule has 0 fully saturated rings. The van der Waals surface area contributed by atoms with Gasteiger partial charge in [0, 0.05) is 12.1 Å². The van der Waals surface area contributed by atoms with Gasteiger partial charge in [-0.3, -0.25) is 0 Å². The Morgan fingerprint density at radius 1 is 1.06 bits per heavy atom. The van der Waals surface area contributed by atoms with Crippen LogP contribution in [0.5, 0.6) is 0 Å². The second-order valence-corrected chi connectivity index (χ2v) is 4.92. The van der Waals surface area contributed by atoms with Crippen molar-refractivity contribution in [1.82, 2.24) is 10.2 Å². The normalized spacial score (nSPS) is 15.4. The zero-order valence-electron chi connectivity index (χ0n) is 11.8. The highest BCUT2D eigenvalue weighted by atomic mass is 15.1. The number of hydrogen-bond donors (Lipinski definition) is 1. The van der Waals surface area contributed by atoms with Crippen molar-refractivity contribution in [3.8, 4) is 0 Å². The minimum absolute atomic E-state index is 0.620. The van der Waals surface area contributed by atoms with Gasteiger partial charge in [0.25, 0.3) is 0 Å². The predicted octanol–water partition coefficient (Wildman–Crippen LogP) is 3.09. The quantitative estimate of drug-likeness (QED) is 0.617. The highest BCUT2D eigenvalue weighted by molar-refractivity contribution is 4.71. The topological polar surface area (TPSA) is 15.3 Å². The molecule has 0 heterocycles. The van der Waals surface area contributed by atoms with Crippen molar-refractivity contribution >= 4 is 0 Å². The van der Waals surface area contributed by atoms with Crippen molar-refractivity contribution in [2.75, 3.05) is 20.6 Å². The zero-order valence-corrected chi connectivity index (χ0v) is 11.8. The third-order valence-corrected chi connectivity index (χ3v) is 3.25. The van der Waals surface area contributed by atoms with Crippen LogP contribution in [0.15, 0.2) is 0 Å². The van der Waals surface area contributed by atoms with Crippen molar-refractivity contribution in [3.05, 3.63) is 6.92 Å². The van der Waals surface area contributed by atoms with Gasteiger partial charge in [-0.2, -0.15) is 0 Å². The van der Waals surface area contributed by atoms with E-state index in [2.05, 4.69) is 45.1 Å². The van der Waals surface area contributed by atoms with Gasteiger partial charge in [-0.15, -0.1) is 0 Å². The van der Waals surface area contributed by atoms with Crippen LogP contribution >= 0.6 is 0 Å². The van der Waals surface area contributed by atoms with Crippen molar-refractivity contribution in [2.24, 2.45) is 0 Å². The fourth-order valence-electron chi connectivity index (χ4n) is 2.14. The van der Waals surface area contributed by atoms with Crippen LogP contribution in [0, 0.1) is 6.92 Å². The molecule has 2 atom stereocenters. The lowest BCUT2D eigenvalue weighted by Crippen LogP contribution is -2.35. The van der Waals surface area contributed by atoms with E-state index >= 15 is 0 Å². The van der Waals surface area contributed by atoms with E-state index in [1.165, 1.54) is 32.1 Å². The SMILES string of the molecule is [CH2]CC(CCC)NCCC(CCC)N(C)C. The van der Waals surface area contributed by atoms with Gasteiger partial charge < -0.3 is 10.2 Å². The number of hydrogen-bond acceptors (Lipinski definition) is 2. The van der Waals surface area contributed by atoms with Crippen LogP contribution in [0.4, 0.5) is 0 Å². The molecule has 16 heavy (non-hydrogen) atoms. The Morgan fingerprint density at radius 3 is 2.12 bits per heavy atom. The third-order valence-electron chi connectivity index (χ3n) is 3.25. The van der Waals surface area contributed by atoms with Crippen LogP contribution in [-0.4, -0.2) is 37.6 Å². The zero-order chi connectivity index (χ0) is 12.4. The molecular weight excluding hydrogens is 196 g/mol. The van der Waals surface area contributed by atoms with Gasteiger partial charge in [-0.1, -0.05) is 33.6 Å². The maximum absolute atomic E-state index is 4.00. The van der Waals surface area contributed by atoms with Gasteiger partial charge in [0.2, 0.25) is 0 Å². The molecule has 0 rings (SSSR count). The van der Waals surface area contributed by atoms with E-state index in [9.17, 15) is 0 Å². The van der Waals surface area contributed by atoms with Gasteiger partial charge in [-0.25, -0.2) is 0 Å². The van der Waals surface area contributed by atoms with Gasteiger partial charge in [0.1, 0.15) is 0 Å². The molecule has 0 aliphatic heterocycles. The van der Waals surface area contributed by atoms with Gasteiger partial charge in [-0.05, 0) is 46.3 Å². The van der Waals surface area contributed by atoms with Crippen molar-refractivity contribution < 1.29 is 0 Å². The van der Waals surface area contributed by atoms with E-state index in [0.717, 1.165) is 19.0 Å². The average Bonchev–Trinajstić information content (AvgIpc) is 2.26. The molecule has 0 spiro atoms. The van der Waals surface area contributed by atoms with E-state index in [4.69, 9.17) is 0 Å². The van der Waals surface area contributed by atoms with Crippen molar-refractivity contribution in [1.29, 1.82) is 0 Å². The second-order valence-electron chi connectivity index (χ2n) is 4.92. The molecule has 2 heteroatoms. The Hall–Kier alpha value is -0.0800. The van der Waals surface area contributed by atoms with Gasteiger partial charge in [0.05, 0.1) is 0 Å². The summed E-state index contributed by atoms with van der Waals surface area (Å²) in [6.07, 6.45) is 7.34. The Kier molecular flexibility index (Phi) is 10.0. The summed E-state index contributed by atoms with van der Waals surface area (Å²) in [4.78, 5) is 2.35. The van der Waals surface area contributed by atoms with Crippen molar-refractivity contribution in [3.63, 3.8) is 0 Å². The van der Waals surface area contributed by atoms with E-state index in [0.29, 0.717) is 6.04 Å². The third kappa shape index (κ3) is 7.24. The minimum Gasteiger partial charge on any atom is -0.314 e. The molecule has 0 saturated carbocycles. The van der Waals surface area contributed by atoms with Crippen LogP contribution in [-0.2, 0) is 0 Å². The molecule has 0 aromatic carbocycles. The summed E-state index contributed by atoms with van der Waals surface area (Å²) in [7, 11) is 4.37. The Morgan fingerprint density at radius 2 is 1.69 bits per heavy atom. The molecule has 0 saturated heterocycles. The van der Waals surface area contributed by atoms with Gasteiger partial charge in [0.15, 0.2) is 0 Å². The fourth-order valence-corrected chi connectivity index (χ4v) is 2.14. The molecule has 0 aromatic heterocycles. The highest BCUT2D eigenvalue weighted by Gasteiger charge is 2.10. The lowest BCUT2D eigenvalue weighted by atomic mass is 10.1. The molecule has 1 radical (unpaired) electrons. The first-order valence-electron chi connectivity index (χ1n) is 6.84. The first-order valence-corrected chi connectivity index (χ1v) is 6.84. The van der Waals surface area contributed by atoms with E-state index in [1.54, 1.807) is 0 Å². The Labute approximate surface area is 103 Å². The van der Waals surface area contributed by atoms with E-state index in [-0.39, 0.29) is 0 Å². The number of nitrogens with zero attached hydrogens (tertiary/aromatic N) is 1. The maximum Gasteiger partial charge on any atom is 0.0101 e. The molecule has 0 aliphatic rings. The fraction of sp³-hybridized carbons (Fsp3) is 0.929. The maximum atomic E-state index is 4.00. The monoisotopic (exact) mass is 227 g/mol. The van der Waals surface area contributed by atoms with Crippen LogP contribution < -0.4 is 5.32 Å². The summed E-state index contributed by atoms with van der Waals surface area (Å²) in [5.74, 6) is 0. The second kappa shape index (κ2) is 10.1. The smallest absolute Gasteiger partial charge is 0.0101 e. The lowest BCUT2D eigenvalue weighted by molar-refractivity contribution is 0.256. The summed E-state index contributed by atoms with van der Waals surface area (Å²) in [6, 6.07) is 1.35. The molecule has 0 bridgehead atoms. The van der Waals surface area contributed by atoms with Crippen LogP contribution in [0.2, 0.25) is 0 Å². The van der Waals surface area contributed by atoms with Crippen molar-refractivity contribution in [2.45, 2.75) is 64.5 Å². The number of rotatable bonds is 10. The molecule has 0 aliphatic carbocycles. The number of nitrogens with one attached hydrogen (secondary N) is 1. The molecule has 0 amide bonds. The van der Waals surface area contributed by atoms with Crippen LogP contribution in [0.25, 0.3) is 0 Å². The van der Waals surface area contributed by atoms with E-state index < -0.39 is 0 Å². The largest absolute Gasteiger partial charge is 0.314 e. The van der Waals surface area contributed by atoms with Gasteiger partial charge >= 0.3 is 0 Å². The van der Waals surface area contributed by atoms with Crippen LogP contribution in [0.1, 0.15) is 52.4 Å².